The van der Waals surface area contributed by atoms with Crippen LogP contribution in [0.1, 0.15) is 21.9 Å². The molecule has 2 N–H and O–H groups in total. The summed E-state index contributed by atoms with van der Waals surface area (Å²) in [6.45, 7) is 3.38. The molecule has 0 aliphatic carbocycles. The van der Waals surface area contributed by atoms with E-state index < -0.39 is 0 Å². The molecule has 0 radical (unpaired) electrons. The molecule has 3 rings (SSSR count). The summed E-state index contributed by atoms with van der Waals surface area (Å²) in [6, 6.07) is 9.91. The van der Waals surface area contributed by atoms with E-state index in [2.05, 4.69) is 20.5 Å². The molecule has 1 aromatic carbocycles. The highest BCUT2D eigenvalue weighted by Gasteiger charge is 2.11. The standard InChI is InChI=1S/C16H14N4O3/c1-9-13(6-7-14(21)17-9)15(22)18-12-5-3-4-11(8-12)16-20-19-10(2)23-16/h3-8H,1-2H3,(H,17,21)(H,18,22). The fourth-order valence-electron chi connectivity index (χ4n) is 2.17. The van der Waals surface area contributed by atoms with Gasteiger partial charge >= 0.3 is 0 Å². The summed E-state index contributed by atoms with van der Waals surface area (Å²) >= 11 is 0. The van der Waals surface area contributed by atoms with Gasteiger partial charge in [-0.25, -0.2) is 0 Å². The first kappa shape index (κ1) is 14.7. The fourth-order valence-corrected chi connectivity index (χ4v) is 2.17. The first-order chi connectivity index (χ1) is 11.0. The minimum Gasteiger partial charge on any atom is -0.421 e. The summed E-state index contributed by atoms with van der Waals surface area (Å²) in [5, 5.41) is 10.5. The van der Waals surface area contributed by atoms with Gasteiger partial charge in [0, 0.05) is 29.9 Å². The summed E-state index contributed by atoms with van der Waals surface area (Å²) in [4.78, 5) is 26.1. The Kier molecular flexibility index (Phi) is 3.76. The number of hydrogen-bond acceptors (Lipinski definition) is 5. The maximum Gasteiger partial charge on any atom is 0.257 e. The normalized spacial score (nSPS) is 10.5. The topological polar surface area (TPSA) is 101 Å². The molecule has 3 aromatic rings. The maximum atomic E-state index is 12.3. The number of nitrogens with zero attached hydrogens (tertiary/aromatic N) is 2. The van der Waals surface area contributed by atoms with Gasteiger partial charge in [0.25, 0.3) is 5.91 Å². The van der Waals surface area contributed by atoms with Crippen molar-refractivity contribution in [3.8, 4) is 11.5 Å². The number of aromatic amines is 1. The summed E-state index contributed by atoms with van der Waals surface area (Å²) < 4.78 is 5.37. The molecule has 2 heterocycles. The van der Waals surface area contributed by atoms with Crippen molar-refractivity contribution in [3.63, 3.8) is 0 Å². The van der Waals surface area contributed by atoms with Crippen LogP contribution in [-0.2, 0) is 0 Å². The third kappa shape index (κ3) is 3.18. The molecule has 1 amide bonds. The first-order valence-corrected chi connectivity index (χ1v) is 6.95. The van der Waals surface area contributed by atoms with Gasteiger partial charge in [-0.3, -0.25) is 9.59 Å². The van der Waals surface area contributed by atoms with Crippen LogP contribution in [0.4, 0.5) is 5.69 Å². The Morgan fingerprint density at radius 2 is 2.00 bits per heavy atom. The van der Waals surface area contributed by atoms with E-state index in [1.165, 1.54) is 12.1 Å². The van der Waals surface area contributed by atoms with Crippen LogP contribution in [0.3, 0.4) is 0 Å². The lowest BCUT2D eigenvalue weighted by atomic mass is 10.1. The fraction of sp³-hybridized carbons (Fsp3) is 0.125. The zero-order valence-corrected chi connectivity index (χ0v) is 12.6. The minimum atomic E-state index is -0.308. The molecular weight excluding hydrogens is 296 g/mol. The lowest BCUT2D eigenvalue weighted by molar-refractivity contribution is 0.102. The second-order valence-electron chi connectivity index (χ2n) is 5.02. The molecule has 0 saturated carbocycles. The van der Waals surface area contributed by atoms with E-state index in [4.69, 9.17) is 4.42 Å². The Balaban J connectivity index is 1.85. The van der Waals surface area contributed by atoms with E-state index in [1.54, 1.807) is 32.0 Å². The van der Waals surface area contributed by atoms with E-state index in [9.17, 15) is 9.59 Å². The third-order valence-corrected chi connectivity index (χ3v) is 3.25. The molecule has 7 nitrogen and oxygen atoms in total. The van der Waals surface area contributed by atoms with Crippen LogP contribution in [0.25, 0.3) is 11.5 Å². The first-order valence-electron chi connectivity index (χ1n) is 6.95. The monoisotopic (exact) mass is 310 g/mol. The molecule has 0 fully saturated rings. The maximum absolute atomic E-state index is 12.3. The molecule has 0 aliphatic rings. The number of carbonyl (C=O) groups excluding carboxylic acids is 1. The molecule has 0 spiro atoms. The van der Waals surface area contributed by atoms with Crippen molar-refractivity contribution in [2.75, 3.05) is 5.32 Å². The smallest absolute Gasteiger partial charge is 0.257 e. The van der Waals surface area contributed by atoms with Crippen LogP contribution in [0.2, 0.25) is 0 Å². The summed E-state index contributed by atoms with van der Waals surface area (Å²) in [5.74, 6) is 0.551. The Bertz CT molecular complexity index is 927. The number of aromatic nitrogens is 3. The molecule has 7 heteroatoms. The lowest BCUT2D eigenvalue weighted by Crippen LogP contribution is -2.17. The molecule has 0 saturated heterocycles. The highest BCUT2D eigenvalue weighted by molar-refractivity contribution is 6.05. The highest BCUT2D eigenvalue weighted by Crippen LogP contribution is 2.21. The number of amides is 1. The van der Waals surface area contributed by atoms with E-state index in [1.807, 2.05) is 6.07 Å². The SMILES string of the molecule is Cc1nnc(-c2cccc(NC(=O)c3ccc(=O)[nH]c3C)c2)o1. The number of carbonyl (C=O) groups is 1. The van der Waals surface area contributed by atoms with E-state index in [0.29, 0.717) is 34.3 Å². The highest BCUT2D eigenvalue weighted by atomic mass is 16.4. The number of nitrogens with one attached hydrogen (secondary N) is 2. The summed E-state index contributed by atoms with van der Waals surface area (Å²) in [7, 11) is 0. The second kappa shape index (κ2) is 5.88. The van der Waals surface area contributed by atoms with Crippen LogP contribution < -0.4 is 10.9 Å². The van der Waals surface area contributed by atoms with Crippen LogP contribution >= 0.6 is 0 Å². The van der Waals surface area contributed by atoms with Gasteiger partial charge in [0.1, 0.15) is 0 Å². The Hall–Kier alpha value is -3.22. The van der Waals surface area contributed by atoms with Crippen LogP contribution in [-0.4, -0.2) is 21.1 Å². The Morgan fingerprint density at radius 1 is 1.17 bits per heavy atom. The van der Waals surface area contributed by atoms with Crippen molar-refractivity contribution in [2.45, 2.75) is 13.8 Å². The van der Waals surface area contributed by atoms with Gasteiger partial charge in [0.15, 0.2) is 0 Å². The van der Waals surface area contributed by atoms with Gasteiger partial charge in [0.05, 0.1) is 5.56 Å². The summed E-state index contributed by atoms with van der Waals surface area (Å²) in [6.07, 6.45) is 0. The van der Waals surface area contributed by atoms with Gasteiger partial charge in [-0.1, -0.05) is 6.07 Å². The molecule has 23 heavy (non-hydrogen) atoms. The van der Waals surface area contributed by atoms with Crippen LogP contribution in [0, 0.1) is 13.8 Å². The summed E-state index contributed by atoms with van der Waals surface area (Å²) in [5.41, 5.74) is 1.98. The van der Waals surface area contributed by atoms with Gasteiger partial charge < -0.3 is 14.7 Å². The minimum absolute atomic E-state index is 0.243. The number of anilines is 1. The van der Waals surface area contributed by atoms with Crippen molar-refractivity contribution in [1.29, 1.82) is 0 Å². The molecule has 0 bridgehead atoms. The van der Waals surface area contributed by atoms with Crippen molar-refractivity contribution in [3.05, 3.63) is 63.9 Å². The Morgan fingerprint density at radius 3 is 2.70 bits per heavy atom. The quantitative estimate of drug-likeness (QED) is 0.773. The number of H-pyrrole nitrogens is 1. The predicted octanol–water partition coefficient (Wildman–Crippen LogP) is 2.29. The van der Waals surface area contributed by atoms with Gasteiger partial charge in [-0.15, -0.1) is 10.2 Å². The van der Waals surface area contributed by atoms with E-state index >= 15 is 0 Å². The number of hydrogen-bond donors (Lipinski definition) is 2. The van der Waals surface area contributed by atoms with Gasteiger partial charge in [-0.05, 0) is 31.2 Å². The molecular formula is C16H14N4O3. The van der Waals surface area contributed by atoms with E-state index in [0.717, 1.165) is 0 Å². The molecule has 2 aromatic heterocycles. The van der Waals surface area contributed by atoms with Crippen LogP contribution in [0.5, 0.6) is 0 Å². The van der Waals surface area contributed by atoms with Gasteiger partial charge in [0.2, 0.25) is 17.3 Å². The average Bonchev–Trinajstić information content (AvgIpc) is 2.94. The molecule has 116 valence electrons. The van der Waals surface area contributed by atoms with Crippen molar-refractivity contribution in [2.24, 2.45) is 0 Å². The number of benzene rings is 1. The predicted molar refractivity (Wildman–Crippen MR) is 84.2 cm³/mol. The zero-order valence-electron chi connectivity index (χ0n) is 12.6. The third-order valence-electron chi connectivity index (χ3n) is 3.25. The molecule has 0 atom stereocenters. The zero-order chi connectivity index (χ0) is 16.4. The Labute approximate surface area is 131 Å². The van der Waals surface area contributed by atoms with E-state index in [-0.39, 0.29) is 11.5 Å². The number of aryl methyl sites for hydroxylation is 2. The average molecular weight is 310 g/mol. The van der Waals surface area contributed by atoms with Gasteiger partial charge in [-0.2, -0.15) is 0 Å². The van der Waals surface area contributed by atoms with Crippen LogP contribution in [0.15, 0.2) is 45.6 Å². The molecule has 0 aliphatic heterocycles. The molecule has 0 unspecified atom stereocenters. The van der Waals surface area contributed by atoms with Crippen molar-refractivity contribution in [1.82, 2.24) is 15.2 Å². The number of pyridine rings is 1. The van der Waals surface area contributed by atoms with Crippen molar-refractivity contribution < 1.29 is 9.21 Å². The van der Waals surface area contributed by atoms with Crippen molar-refractivity contribution >= 4 is 11.6 Å². The lowest BCUT2D eigenvalue weighted by Gasteiger charge is -2.08. The number of rotatable bonds is 3. The second-order valence-corrected chi connectivity index (χ2v) is 5.02. The largest absolute Gasteiger partial charge is 0.421 e.